The largest absolute Gasteiger partial charge is 0.375 e. The van der Waals surface area contributed by atoms with Gasteiger partial charge >= 0.3 is 0 Å². The number of rotatable bonds is 7. The van der Waals surface area contributed by atoms with E-state index in [0.29, 0.717) is 6.42 Å². The number of benzene rings is 1. The van der Waals surface area contributed by atoms with E-state index in [1.54, 1.807) is 0 Å². The fraction of sp³-hybridized carbons (Fsp3) is 0.533. The minimum absolute atomic E-state index is 0.0809. The highest BCUT2D eigenvalue weighted by Gasteiger charge is 2.03. The van der Waals surface area contributed by atoms with E-state index in [-0.39, 0.29) is 5.91 Å². The van der Waals surface area contributed by atoms with E-state index in [1.807, 2.05) is 0 Å². The lowest BCUT2D eigenvalue weighted by Crippen LogP contribution is -2.29. The third-order valence-corrected chi connectivity index (χ3v) is 3.21. The normalized spacial score (nSPS) is 10.3. The number of nitrogens with zero attached hydrogens (tertiary/aromatic N) is 1. The molecule has 4 heteroatoms. The molecule has 19 heavy (non-hydrogen) atoms. The fourth-order valence-corrected chi connectivity index (χ4v) is 2.18. The predicted octanol–water partition coefficient (Wildman–Crippen LogP) is 2.29. The van der Waals surface area contributed by atoms with Crippen LogP contribution in [-0.4, -0.2) is 19.5 Å². The first-order valence-corrected chi connectivity index (χ1v) is 6.82. The van der Waals surface area contributed by atoms with Gasteiger partial charge in [-0.25, -0.2) is 5.84 Å². The first-order chi connectivity index (χ1) is 9.02. The molecule has 0 aliphatic carbocycles. The van der Waals surface area contributed by atoms with Crippen LogP contribution in [0.2, 0.25) is 0 Å². The van der Waals surface area contributed by atoms with Crippen molar-refractivity contribution in [1.29, 1.82) is 0 Å². The Bertz CT molecular complexity index is 398. The molecule has 0 spiro atoms. The van der Waals surface area contributed by atoms with Crippen LogP contribution in [-0.2, 0) is 4.79 Å². The highest BCUT2D eigenvalue weighted by molar-refractivity contribution is 5.75. The van der Waals surface area contributed by atoms with E-state index >= 15 is 0 Å². The minimum Gasteiger partial charge on any atom is -0.375 e. The van der Waals surface area contributed by atoms with E-state index in [2.05, 4.69) is 49.4 Å². The van der Waals surface area contributed by atoms with Crippen LogP contribution in [0.15, 0.2) is 18.2 Å². The Hall–Kier alpha value is -1.55. The molecule has 0 fully saturated rings. The molecular formula is C15H25N3O. The van der Waals surface area contributed by atoms with Crippen LogP contribution in [0.5, 0.6) is 0 Å². The van der Waals surface area contributed by atoms with Gasteiger partial charge in [0, 0.05) is 25.7 Å². The van der Waals surface area contributed by atoms with Crippen molar-refractivity contribution in [3.8, 4) is 0 Å². The number of hydrazine groups is 1. The average molecular weight is 263 g/mol. The standard InChI is InChI=1S/C15H25N3O/c1-12-9-13(2)11-14(10-12)18(3)8-6-4-5-7-15(19)17-16/h9-11H,4-8,16H2,1-3H3,(H,17,19). The summed E-state index contributed by atoms with van der Waals surface area (Å²) < 4.78 is 0. The van der Waals surface area contributed by atoms with Gasteiger partial charge < -0.3 is 4.90 Å². The van der Waals surface area contributed by atoms with Crippen molar-refractivity contribution >= 4 is 11.6 Å². The van der Waals surface area contributed by atoms with Crippen LogP contribution in [0.4, 0.5) is 5.69 Å². The highest BCUT2D eigenvalue weighted by atomic mass is 16.2. The van der Waals surface area contributed by atoms with Crippen molar-refractivity contribution in [2.24, 2.45) is 5.84 Å². The molecule has 0 unspecified atom stereocenters. The third kappa shape index (κ3) is 5.75. The Morgan fingerprint density at radius 3 is 2.37 bits per heavy atom. The smallest absolute Gasteiger partial charge is 0.233 e. The second kappa shape index (κ2) is 7.79. The van der Waals surface area contributed by atoms with Crippen molar-refractivity contribution in [2.75, 3.05) is 18.5 Å². The number of hydrogen-bond acceptors (Lipinski definition) is 3. The predicted molar refractivity (Wildman–Crippen MR) is 80.0 cm³/mol. The summed E-state index contributed by atoms with van der Waals surface area (Å²) in [6, 6.07) is 6.59. The van der Waals surface area contributed by atoms with Gasteiger partial charge in [-0.05, 0) is 49.9 Å². The molecule has 1 aromatic carbocycles. The van der Waals surface area contributed by atoms with Crippen LogP contribution in [0, 0.1) is 13.8 Å². The summed E-state index contributed by atoms with van der Waals surface area (Å²) in [6.07, 6.45) is 3.54. The zero-order valence-corrected chi connectivity index (χ0v) is 12.2. The second-order valence-corrected chi connectivity index (χ2v) is 5.15. The van der Waals surface area contributed by atoms with Crippen molar-refractivity contribution in [3.05, 3.63) is 29.3 Å². The van der Waals surface area contributed by atoms with Gasteiger partial charge in [-0.3, -0.25) is 10.2 Å². The first kappa shape index (κ1) is 15.5. The van der Waals surface area contributed by atoms with E-state index in [4.69, 9.17) is 5.84 Å². The van der Waals surface area contributed by atoms with Gasteiger partial charge in [0.1, 0.15) is 0 Å². The van der Waals surface area contributed by atoms with E-state index in [9.17, 15) is 4.79 Å². The van der Waals surface area contributed by atoms with Crippen LogP contribution >= 0.6 is 0 Å². The molecule has 1 aromatic rings. The Morgan fingerprint density at radius 1 is 1.16 bits per heavy atom. The SMILES string of the molecule is Cc1cc(C)cc(N(C)CCCCCC(=O)NN)c1. The molecule has 0 saturated carbocycles. The van der Waals surface area contributed by atoms with Crippen molar-refractivity contribution < 1.29 is 4.79 Å². The summed E-state index contributed by atoms with van der Waals surface area (Å²) in [5, 5.41) is 0. The van der Waals surface area contributed by atoms with Crippen LogP contribution < -0.4 is 16.2 Å². The molecule has 0 radical (unpaired) electrons. The maximum absolute atomic E-state index is 11.0. The van der Waals surface area contributed by atoms with Crippen molar-refractivity contribution in [3.63, 3.8) is 0 Å². The second-order valence-electron chi connectivity index (χ2n) is 5.15. The minimum atomic E-state index is -0.0809. The Labute approximate surface area is 115 Å². The van der Waals surface area contributed by atoms with Crippen molar-refractivity contribution in [2.45, 2.75) is 39.5 Å². The van der Waals surface area contributed by atoms with Gasteiger partial charge in [0.15, 0.2) is 0 Å². The van der Waals surface area contributed by atoms with Gasteiger partial charge in [-0.1, -0.05) is 12.5 Å². The summed E-state index contributed by atoms with van der Waals surface area (Å²) >= 11 is 0. The number of amides is 1. The molecule has 3 N–H and O–H groups in total. The molecule has 106 valence electrons. The van der Waals surface area contributed by atoms with Crippen LogP contribution in [0.3, 0.4) is 0 Å². The van der Waals surface area contributed by atoms with Gasteiger partial charge in [0.05, 0.1) is 0 Å². The molecule has 0 bridgehead atoms. The summed E-state index contributed by atoms with van der Waals surface area (Å²) in [5.74, 6) is 4.95. The maximum atomic E-state index is 11.0. The number of carbonyl (C=O) groups is 1. The summed E-state index contributed by atoms with van der Waals surface area (Å²) in [5.41, 5.74) is 6.00. The lowest BCUT2D eigenvalue weighted by molar-refractivity contribution is -0.121. The lowest BCUT2D eigenvalue weighted by Gasteiger charge is -2.20. The fourth-order valence-electron chi connectivity index (χ4n) is 2.18. The average Bonchev–Trinajstić information content (AvgIpc) is 2.36. The van der Waals surface area contributed by atoms with E-state index in [1.165, 1.54) is 16.8 Å². The van der Waals surface area contributed by atoms with Crippen molar-refractivity contribution in [1.82, 2.24) is 5.43 Å². The monoisotopic (exact) mass is 263 g/mol. The number of carbonyl (C=O) groups excluding carboxylic acids is 1. The van der Waals surface area contributed by atoms with Crippen LogP contribution in [0.1, 0.15) is 36.8 Å². The van der Waals surface area contributed by atoms with E-state index in [0.717, 1.165) is 25.8 Å². The van der Waals surface area contributed by atoms with E-state index < -0.39 is 0 Å². The molecule has 0 saturated heterocycles. The van der Waals surface area contributed by atoms with Crippen LogP contribution in [0.25, 0.3) is 0 Å². The Kier molecular flexibility index (Phi) is 6.36. The number of aryl methyl sites for hydroxylation is 2. The van der Waals surface area contributed by atoms with Gasteiger partial charge in [0.2, 0.25) is 5.91 Å². The van der Waals surface area contributed by atoms with Gasteiger partial charge in [-0.15, -0.1) is 0 Å². The lowest BCUT2D eigenvalue weighted by atomic mass is 10.1. The highest BCUT2D eigenvalue weighted by Crippen LogP contribution is 2.18. The third-order valence-electron chi connectivity index (χ3n) is 3.21. The quantitative estimate of drug-likeness (QED) is 0.343. The summed E-state index contributed by atoms with van der Waals surface area (Å²) in [6.45, 7) is 5.25. The number of anilines is 1. The molecule has 0 heterocycles. The summed E-state index contributed by atoms with van der Waals surface area (Å²) in [7, 11) is 2.11. The molecule has 0 aliphatic rings. The topological polar surface area (TPSA) is 58.4 Å². The van der Waals surface area contributed by atoms with Gasteiger partial charge in [0.25, 0.3) is 0 Å². The summed E-state index contributed by atoms with van der Waals surface area (Å²) in [4.78, 5) is 13.2. The maximum Gasteiger partial charge on any atom is 0.233 e. The molecule has 0 aromatic heterocycles. The zero-order chi connectivity index (χ0) is 14.3. The first-order valence-electron chi connectivity index (χ1n) is 6.82. The molecule has 4 nitrogen and oxygen atoms in total. The molecule has 1 amide bonds. The molecule has 1 rings (SSSR count). The number of hydrogen-bond donors (Lipinski definition) is 2. The molecule has 0 aliphatic heterocycles. The Balaban J connectivity index is 2.31. The number of nitrogens with one attached hydrogen (secondary N) is 1. The molecule has 0 atom stereocenters. The van der Waals surface area contributed by atoms with Gasteiger partial charge in [-0.2, -0.15) is 0 Å². The number of unbranched alkanes of at least 4 members (excludes halogenated alkanes) is 2. The Morgan fingerprint density at radius 2 is 1.79 bits per heavy atom. The zero-order valence-electron chi connectivity index (χ0n) is 12.2. The molecular weight excluding hydrogens is 238 g/mol. The number of nitrogens with two attached hydrogens (primary N) is 1.